The monoisotopic (exact) mass is 360 g/mol. The Balaban J connectivity index is 2.07. The van der Waals surface area contributed by atoms with Gasteiger partial charge < -0.3 is 14.2 Å². The molecular formula is C17H20N4O5. The summed E-state index contributed by atoms with van der Waals surface area (Å²) in [6.45, 7) is 1.24. The second kappa shape index (κ2) is 9.30. The molecule has 9 nitrogen and oxygen atoms in total. The van der Waals surface area contributed by atoms with E-state index in [-0.39, 0.29) is 30.1 Å². The van der Waals surface area contributed by atoms with E-state index in [4.69, 9.17) is 0 Å². The standard InChI is InChI=1S/C17H20N4O5/c1-26-16(22)6-10-20(9-3-8-19-11-7-18-13-19)17(23)14-4-2-5-15(12-14)21(24)25/h2,4-5,7,11-13H,3,6,8-10H2,1H3. The molecule has 9 heteroatoms. The number of nitro benzene ring substituents is 1. The number of non-ortho nitro benzene ring substituents is 1. The Morgan fingerprint density at radius 2 is 2.15 bits per heavy atom. The SMILES string of the molecule is COC(=O)CCN(CCCn1ccnc1)C(=O)c1cccc([N+](=O)[O-])c1. The number of aryl methyl sites for hydroxylation is 1. The molecule has 1 aromatic heterocycles. The average molecular weight is 360 g/mol. The van der Waals surface area contributed by atoms with Gasteiger partial charge in [-0.3, -0.25) is 19.7 Å². The number of ether oxygens (including phenoxy) is 1. The maximum Gasteiger partial charge on any atom is 0.307 e. The predicted molar refractivity (Wildman–Crippen MR) is 92.5 cm³/mol. The van der Waals surface area contributed by atoms with Gasteiger partial charge in [-0.15, -0.1) is 0 Å². The topological polar surface area (TPSA) is 108 Å². The summed E-state index contributed by atoms with van der Waals surface area (Å²) in [5.74, 6) is -0.778. The summed E-state index contributed by atoms with van der Waals surface area (Å²) in [6, 6.07) is 5.56. The van der Waals surface area contributed by atoms with Crippen LogP contribution in [-0.4, -0.2) is 51.5 Å². The molecule has 138 valence electrons. The van der Waals surface area contributed by atoms with E-state index in [9.17, 15) is 19.7 Å². The quantitative estimate of drug-likeness (QED) is 0.384. The molecule has 0 N–H and O–H groups in total. The van der Waals surface area contributed by atoms with Crippen LogP contribution in [0.4, 0.5) is 5.69 Å². The number of aromatic nitrogens is 2. The molecule has 1 aromatic carbocycles. The Hall–Kier alpha value is -3.23. The fourth-order valence-corrected chi connectivity index (χ4v) is 2.44. The van der Waals surface area contributed by atoms with Gasteiger partial charge in [0.2, 0.25) is 0 Å². The van der Waals surface area contributed by atoms with Gasteiger partial charge in [-0.2, -0.15) is 0 Å². The first-order valence-corrected chi connectivity index (χ1v) is 8.07. The number of methoxy groups -OCH3 is 1. The van der Waals surface area contributed by atoms with Gasteiger partial charge in [-0.05, 0) is 12.5 Å². The minimum Gasteiger partial charge on any atom is -0.469 e. The second-order valence-electron chi connectivity index (χ2n) is 5.58. The van der Waals surface area contributed by atoms with Gasteiger partial charge >= 0.3 is 5.97 Å². The maximum absolute atomic E-state index is 12.7. The third kappa shape index (κ3) is 5.40. The smallest absolute Gasteiger partial charge is 0.307 e. The van der Waals surface area contributed by atoms with Crippen LogP contribution in [0.3, 0.4) is 0 Å². The number of imidazole rings is 1. The van der Waals surface area contributed by atoms with Crippen LogP contribution in [0.5, 0.6) is 0 Å². The molecule has 0 atom stereocenters. The normalized spacial score (nSPS) is 10.3. The molecule has 0 aliphatic heterocycles. The van der Waals surface area contributed by atoms with Crippen LogP contribution >= 0.6 is 0 Å². The van der Waals surface area contributed by atoms with Gasteiger partial charge in [-0.25, -0.2) is 4.98 Å². The van der Waals surface area contributed by atoms with Crippen LogP contribution in [-0.2, 0) is 16.1 Å². The Labute approximate surface area is 150 Å². The van der Waals surface area contributed by atoms with E-state index < -0.39 is 10.9 Å². The third-order valence-corrected chi connectivity index (χ3v) is 3.81. The van der Waals surface area contributed by atoms with Crippen molar-refractivity contribution < 1.29 is 19.2 Å². The highest BCUT2D eigenvalue weighted by atomic mass is 16.6. The Morgan fingerprint density at radius 3 is 2.81 bits per heavy atom. The third-order valence-electron chi connectivity index (χ3n) is 3.81. The first-order valence-electron chi connectivity index (χ1n) is 8.07. The number of carbonyl (C=O) groups is 2. The molecule has 0 unspecified atom stereocenters. The first kappa shape index (κ1) is 19.1. The van der Waals surface area contributed by atoms with Crippen molar-refractivity contribution in [2.45, 2.75) is 19.4 Å². The maximum atomic E-state index is 12.7. The van der Waals surface area contributed by atoms with E-state index in [1.165, 1.54) is 36.3 Å². The fraction of sp³-hybridized carbons (Fsp3) is 0.353. The van der Waals surface area contributed by atoms with Crippen LogP contribution in [0.1, 0.15) is 23.2 Å². The van der Waals surface area contributed by atoms with Gasteiger partial charge in [-0.1, -0.05) is 6.07 Å². The summed E-state index contributed by atoms with van der Waals surface area (Å²) >= 11 is 0. The number of esters is 1. The van der Waals surface area contributed by atoms with Gasteiger partial charge in [0.1, 0.15) is 0 Å². The van der Waals surface area contributed by atoms with E-state index in [0.717, 1.165) is 0 Å². The zero-order chi connectivity index (χ0) is 18.9. The van der Waals surface area contributed by atoms with Gasteiger partial charge in [0, 0.05) is 49.7 Å². The molecule has 0 bridgehead atoms. The van der Waals surface area contributed by atoms with Crippen molar-refractivity contribution in [2.24, 2.45) is 0 Å². The predicted octanol–water partition coefficient (Wildman–Crippen LogP) is 1.89. The first-order chi connectivity index (χ1) is 12.5. The molecule has 0 radical (unpaired) electrons. The highest BCUT2D eigenvalue weighted by Crippen LogP contribution is 2.15. The van der Waals surface area contributed by atoms with Crippen molar-refractivity contribution >= 4 is 17.6 Å². The van der Waals surface area contributed by atoms with E-state index >= 15 is 0 Å². The molecule has 0 aliphatic rings. The number of amides is 1. The molecule has 0 saturated carbocycles. The Kier molecular flexibility index (Phi) is 6.84. The number of hydrogen-bond acceptors (Lipinski definition) is 6. The lowest BCUT2D eigenvalue weighted by Crippen LogP contribution is -2.34. The molecule has 0 spiro atoms. The molecular weight excluding hydrogens is 340 g/mol. The van der Waals surface area contributed by atoms with Crippen molar-refractivity contribution in [2.75, 3.05) is 20.2 Å². The number of rotatable bonds is 9. The summed E-state index contributed by atoms with van der Waals surface area (Å²) in [6.07, 6.45) is 5.88. The van der Waals surface area contributed by atoms with E-state index in [2.05, 4.69) is 9.72 Å². The minimum atomic E-state index is -0.547. The van der Waals surface area contributed by atoms with Crippen LogP contribution in [0.2, 0.25) is 0 Å². The van der Waals surface area contributed by atoms with E-state index in [0.29, 0.717) is 19.5 Å². The number of carbonyl (C=O) groups excluding carboxylic acids is 2. The Bertz CT molecular complexity index is 760. The molecule has 0 saturated heterocycles. The van der Waals surface area contributed by atoms with Crippen molar-refractivity contribution in [3.05, 3.63) is 58.7 Å². The lowest BCUT2D eigenvalue weighted by atomic mass is 10.1. The highest BCUT2D eigenvalue weighted by molar-refractivity contribution is 5.95. The number of hydrogen-bond donors (Lipinski definition) is 0. The highest BCUT2D eigenvalue weighted by Gasteiger charge is 2.19. The lowest BCUT2D eigenvalue weighted by Gasteiger charge is -2.22. The molecule has 26 heavy (non-hydrogen) atoms. The van der Waals surface area contributed by atoms with Crippen LogP contribution < -0.4 is 0 Å². The fourth-order valence-electron chi connectivity index (χ4n) is 2.44. The molecule has 1 amide bonds. The average Bonchev–Trinajstić information content (AvgIpc) is 3.17. The summed E-state index contributed by atoms with van der Waals surface area (Å²) in [5, 5.41) is 10.9. The van der Waals surface area contributed by atoms with Crippen LogP contribution in [0.15, 0.2) is 43.0 Å². The van der Waals surface area contributed by atoms with Crippen molar-refractivity contribution in [1.82, 2.24) is 14.5 Å². The summed E-state index contributed by atoms with van der Waals surface area (Å²) in [7, 11) is 1.29. The van der Waals surface area contributed by atoms with Gasteiger partial charge in [0.25, 0.3) is 11.6 Å². The molecule has 1 heterocycles. The Morgan fingerprint density at radius 1 is 1.35 bits per heavy atom. The van der Waals surface area contributed by atoms with E-state index in [1.807, 2.05) is 10.8 Å². The second-order valence-corrected chi connectivity index (χ2v) is 5.58. The zero-order valence-electron chi connectivity index (χ0n) is 14.4. The number of nitro groups is 1. The number of benzene rings is 1. The van der Waals surface area contributed by atoms with Gasteiger partial charge in [0.15, 0.2) is 0 Å². The lowest BCUT2D eigenvalue weighted by molar-refractivity contribution is -0.384. The molecule has 0 fully saturated rings. The summed E-state index contributed by atoms with van der Waals surface area (Å²) < 4.78 is 6.51. The summed E-state index contributed by atoms with van der Waals surface area (Å²) in [5.41, 5.74) is 0.0638. The van der Waals surface area contributed by atoms with Crippen molar-refractivity contribution in [1.29, 1.82) is 0 Å². The van der Waals surface area contributed by atoms with Crippen LogP contribution in [0.25, 0.3) is 0 Å². The van der Waals surface area contributed by atoms with Crippen molar-refractivity contribution in [3.8, 4) is 0 Å². The molecule has 2 aromatic rings. The largest absolute Gasteiger partial charge is 0.469 e. The van der Waals surface area contributed by atoms with E-state index in [1.54, 1.807) is 12.5 Å². The number of nitrogens with zero attached hydrogens (tertiary/aromatic N) is 4. The zero-order valence-corrected chi connectivity index (χ0v) is 14.4. The molecule has 0 aliphatic carbocycles. The van der Waals surface area contributed by atoms with Crippen LogP contribution in [0, 0.1) is 10.1 Å². The summed E-state index contributed by atoms with van der Waals surface area (Å²) in [4.78, 5) is 40.0. The van der Waals surface area contributed by atoms with Crippen molar-refractivity contribution in [3.63, 3.8) is 0 Å². The molecule has 2 rings (SSSR count). The minimum absolute atomic E-state index is 0.0578. The van der Waals surface area contributed by atoms with Gasteiger partial charge in [0.05, 0.1) is 24.8 Å².